The first-order valence-electron chi connectivity index (χ1n) is 5.17. The van der Waals surface area contributed by atoms with Gasteiger partial charge in [0.15, 0.2) is 5.12 Å². The van der Waals surface area contributed by atoms with E-state index in [-0.39, 0.29) is 4.75 Å². The lowest BCUT2D eigenvalue weighted by molar-refractivity contribution is -0.111. The van der Waals surface area contributed by atoms with Crippen molar-refractivity contribution in [3.8, 4) is 0 Å². The molecular weight excluding hydrogens is 180 g/mol. The van der Waals surface area contributed by atoms with E-state index >= 15 is 0 Å². The molecule has 0 fully saturated rings. The van der Waals surface area contributed by atoms with Crippen LogP contribution in [0.4, 0.5) is 0 Å². The van der Waals surface area contributed by atoms with E-state index < -0.39 is 0 Å². The van der Waals surface area contributed by atoms with E-state index in [4.69, 9.17) is 0 Å². The largest absolute Gasteiger partial charge is 0.287 e. The fourth-order valence-electron chi connectivity index (χ4n) is 1.09. The van der Waals surface area contributed by atoms with Gasteiger partial charge in [-0.05, 0) is 6.42 Å². The number of thioether (sulfide) groups is 1. The maximum absolute atomic E-state index is 11.4. The summed E-state index contributed by atoms with van der Waals surface area (Å²) in [6.45, 7) is 8.44. The van der Waals surface area contributed by atoms with E-state index in [1.165, 1.54) is 31.0 Å². The molecule has 0 saturated carbocycles. The van der Waals surface area contributed by atoms with Crippen LogP contribution in [0, 0.1) is 0 Å². The Bertz CT molecular complexity index is 147. The van der Waals surface area contributed by atoms with Crippen molar-refractivity contribution < 1.29 is 4.79 Å². The van der Waals surface area contributed by atoms with Crippen LogP contribution in [0.25, 0.3) is 0 Å². The Morgan fingerprint density at radius 3 is 2.23 bits per heavy atom. The highest BCUT2D eigenvalue weighted by Gasteiger charge is 2.15. The summed E-state index contributed by atoms with van der Waals surface area (Å²) < 4.78 is 0.0852. The van der Waals surface area contributed by atoms with Crippen LogP contribution in [0.15, 0.2) is 0 Å². The summed E-state index contributed by atoms with van der Waals surface area (Å²) in [7, 11) is 0. The van der Waals surface area contributed by atoms with Gasteiger partial charge >= 0.3 is 0 Å². The van der Waals surface area contributed by atoms with E-state index in [0.717, 1.165) is 12.8 Å². The molecule has 0 bridgehead atoms. The number of rotatable bonds is 5. The molecule has 0 aliphatic rings. The number of unbranched alkanes of at least 4 members (excludes halogenated alkanes) is 3. The summed E-state index contributed by atoms with van der Waals surface area (Å²) in [5.41, 5.74) is 0. The first kappa shape index (κ1) is 13.0. The van der Waals surface area contributed by atoms with Crippen molar-refractivity contribution in [2.75, 3.05) is 0 Å². The SMILES string of the molecule is CCCCCCC(=O)SC(C)(C)C. The number of hydrogen-bond donors (Lipinski definition) is 0. The zero-order chi connectivity index (χ0) is 10.3. The van der Waals surface area contributed by atoms with Crippen LogP contribution in [0.2, 0.25) is 0 Å². The average Bonchev–Trinajstić information content (AvgIpc) is 1.94. The van der Waals surface area contributed by atoms with Crippen LogP contribution in [0.1, 0.15) is 59.8 Å². The van der Waals surface area contributed by atoms with E-state index in [0.29, 0.717) is 5.12 Å². The quantitative estimate of drug-likeness (QED) is 0.626. The van der Waals surface area contributed by atoms with Gasteiger partial charge in [0.05, 0.1) is 0 Å². The molecule has 0 saturated heterocycles. The Hall–Kier alpha value is 0.0200. The highest BCUT2D eigenvalue weighted by Crippen LogP contribution is 2.25. The first-order chi connectivity index (χ1) is 5.95. The maximum Gasteiger partial charge on any atom is 0.189 e. The molecule has 78 valence electrons. The molecular formula is C11H22OS. The molecule has 0 atom stereocenters. The number of carbonyl (C=O) groups excluding carboxylic acids is 1. The molecule has 0 aromatic heterocycles. The van der Waals surface area contributed by atoms with Gasteiger partial charge in [0.2, 0.25) is 0 Å². The van der Waals surface area contributed by atoms with Crippen molar-refractivity contribution in [1.29, 1.82) is 0 Å². The highest BCUT2D eigenvalue weighted by atomic mass is 32.2. The molecule has 1 nitrogen and oxygen atoms in total. The predicted molar refractivity (Wildman–Crippen MR) is 61.1 cm³/mol. The van der Waals surface area contributed by atoms with Crippen molar-refractivity contribution in [3.63, 3.8) is 0 Å². The van der Waals surface area contributed by atoms with Crippen LogP contribution in [-0.4, -0.2) is 9.86 Å². The van der Waals surface area contributed by atoms with Crippen molar-refractivity contribution in [3.05, 3.63) is 0 Å². The summed E-state index contributed by atoms with van der Waals surface area (Å²) in [5.74, 6) is 0. The van der Waals surface area contributed by atoms with Crippen LogP contribution in [0.5, 0.6) is 0 Å². The Kier molecular flexibility index (Phi) is 6.48. The van der Waals surface area contributed by atoms with E-state index in [9.17, 15) is 4.79 Å². The van der Waals surface area contributed by atoms with Crippen LogP contribution < -0.4 is 0 Å². The fourth-order valence-corrected chi connectivity index (χ4v) is 2.02. The van der Waals surface area contributed by atoms with Crippen LogP contribution in [-0.2, 0) is 4.79 Å². The summed E-state index contributed by atoms with van der Waals surface area (Å²) in [6.07, 6.45) is 5.51. The third-order valence-corrected chi connectivity index (χ3v) is 2.70. The lowest BCUT2D eigenvalue weighted by Gasteiger charge is -2.15. The molecule has 0 aromatic carbocycles. The average molecular weight is 202 g/mol. The third kappa shape index (κ3) is 9.94. The Morgan fingerprint density at radius 1 is 1.15 bits per heavy atom. The molecule has 0 aliphatic carbocycles. The molecule has 0 rings (SSSR count). The van der Waals surface area contributed by atoms with Gasteiger partial charge in [0.25, 0.3) is 0 Å². The number of carbonyl (C=O) groups is 1. The van der Waals surface area contributed by atoms with E-state index in [2.05, 4.69) is 27.7 Å². The lowest BCUT2D eigenvalue weighted by Crippen LogP contribution is -2.11. The molecule has 0 N–H and O–H groups in total. The Morgan fingerprint density at radius 2 is 1.77 bits per heavy atom. The first-order valence-corrected chi connectivity index (χ1v) is 5.99. The molecule has 0 unspecified atom stereocenters. The molecule has 0 aromatic rings. The van der Waals surface area contributed by atoms with Gasteiger partial charge in [-0.2, -0.15) is 0 Å². The van der Waals surface area contributed by atoms with Crippen LogP contribution >= 0.6 is 11.8 Å². The maximum atomic E-state index is 11.4. The summed E-state index contributed by atoms with van der Waals surface area (Å²) >= 11 is 1.48. The monoisotopic (exact) mass is 202 g/mol. The standard InChI is InChI=1S/C11H22OS/c1-5-6-7-8-9-10(12)13-11(2,3)4/h5-9H2,1-4H3. The molecule has 0 radical (unpaired) electrons. The lowest BCUT2D eigenvalue weighted by atomic mass is 10.2. The van der Waals surface area contributed by atoms with Crippen molar-refractivity contribution in [2.24, 2.45) is 0 Å². The summed E-state index contributed by atoms with van der Waals surface area (Å²) in [4.78, 5) is 11.4. The predicted octanol–water partition coefficient (Wildman–Crippen LogP) is 4.02. The van der Waals surface area contributed by atoms with Gasteiger partial charge in [-0.1, -0.05) is 58.7 Å². The summed E-state index contributed by atoms with van der Waals surface area (Å²) in [6, 6.07) is 0. The fraction of sp³-hybridized carbons (Fsp3) is 0.909. The van der Waals surface area contributed by atoms with Gasteiger partial charge in [-0.3, -0.25) is 4.79 Å². The van der Waals surface area contributed by atoms with Gasteiger partial charge < -0.3 is 0 Å². The normalized spacial score (nSPS) is 11.7. The highest BCUT2D eigenvalue weighted by molar-refractivity contribution is 8.14. The zero-order valence-corrected chi connectivity index (χ0v) is 10.2. The molecule has 0 aliphatic heterocycles. The van der Waals surface area contributed by atoms with Crippen molar-refractivity contribution >= 4 is 16.9 Å². The van der Waals surface area contributed by atoms with Gasteiger partial charge in [0, 0.05) is 11.2 Å². The van der Waals surface area contributed by atoms with E-state index in [1.807, 2.05) is 0 Å². The Balaban J connectivity index is 3.41. The zero-order valence-electron chi connectivity index (χ0n) is 9.35. The third-order valence-electron chi connectivity index (χ3n) is 1.65. The molecule has 0 amide bonds. The molecule has 13 heavy (non-hydrogen) atoms. The summed E-state index contributed by atoms with van der Waals surface area (Å²) in [5, 5.41) is 0.351. The topological polar surface area (TPSA) is 17.1 Å². The molecule has 0 spiro atoms. The Labute approximate surface area is 86.7 Å². The molecule has 0 heterocycles. The van der Waals surface area contributed by atoms with Gasteiger partial charge in [-0.15, -0.1) is 0 Å². The smallest absolute Gasteiger partial charge is 0.189 e. The second-order valence-electron chi connectivity index (χ2n) is 4.40. The number of hydrogen-bond acceptors (Lipinski definition) is 2. The molecule has 2 heteroatoms. The minimum Gasteiger partial charge on any atom is -0.287 e. The van der Waals surface area contributed by atoms with Crippen molar-refractivity contribution in [1.82, 2.24) is 0 Å². The minimum absolute atomic E-state index is 0.0852. The second-order valence-corrected chi connectivity index (χ2v) is 6.28. The van der Waals surface area contributed by atoms with Gasteiger partial charge in [-0.25, -0.2) is 0 Å². The van der Waals surface area contributed by atoms with Crippen LogP contribution in [0.3, 0.4) is 0 Å². The second kappa shape index (κ2) is 6.47. The van der Waals surface area contributed by atoms with Gasteiger partial charge in [0.1, 0.15) is 0 Å². The van der Waals surface area contributed by atoms with E-state index in [1.54, 1.807) is 0 Å². The minimum atomic E-state index is 0.0852. The van der Waals surface area contributed by atoms with Crippen molar-refractivity contribution in [2.45, 2.75) is 64.5 Å².